The molecular formula is C18H29NO2. The number of hydrogen-bond donors (Lipinski definition) is 1. The number of aliphatic hydroxyl groups is 1. The maximum absolute atomic E-state index is 10.5. The van der Waals surface area contributed by atoms with Crippen LogP contribution in [0.25, 0.3) is 0 Å². The minimum atomic E-state index is -0.412. The minimum Gasteiger partial charge on any atom is -0.491 e. The zero-order chi connectivity index (χ0) is 15.2. The first-order valence-corrected chi connectivity index (χ1v) is 8.29. The number of likely N-dealkylation sites (tertiary alicyclic amines) is 1. The topological polar surface area (TPSA) is 32.7 Å². The highest BCUT2D eigenvalue weighted by molar-refractivity contribution is 5.28. The first kappa shape index (κ1) is 16.3. The molecule has 3 nitrogen and oxygen atoms in total. The van der Waals surface area contributed by atoms with Crippen molar-refractivity contribution in [2.75, 3.05) is 13.1 Å². The third-order valence-electron chi connectivity index (χ3n) is 4.26. The molecule has 0 aromatic heterocycles. The van der Waals surface area contributed by atoms with Crippen molar-refractivity contribution in [2.45, 2.75) is 64.7 Å². The number of hydrogen-bond acceptors (Lipinski definition) is 3. The Morgan fingerprint density at radius 2 is 1.95 bits per heavy atom. The number of aliphatic hydroxyl groups excluding tert-OH is 1. The summed E-state index contributed by atoms with van der Waals surface area (Å²) in [5, 5.41) is 10.5. The van der Waals surface area contributed by atoms with E-state index in [2.05, 4.69) is 11.8 Å². The van der Waals surface area contributed by atoms with Gasteiger partial charge >= 0.3 is 0 Å². The summed E-state index contributed by atoms with van der Waals surface area (Å²) in [6.07, 6.45) is 4.79. The van der Waals surface area contributed by atoms with Gasteiger partial charge in [-0.1, -0.05) is 25.5 Å². The van der Waals surface area contributed by atoms with E-state index >= 15 is 0 Å². The predicted molar refractivity (Wildman–Crippen MR) is 86.7 cm³/mol. The van der Waals surface area contributed by atoms with Crippen molar-refractivity contribution in [2.24, 2.45) is 0 Å². The molecule has 1 aromatic carbocycles. The van der Waals surface area contributed by atoms with Crippen molar-refractivity contribution < 1.29 is 9.84 Å². The smallest absolute Gasteiger partial charge is 0.119 e. The molecule has 1 N–H and O–H groups in total. The van der Waals surface area contributed by atoms with Gasteiger partial charge in [0.1, 0.15) is 5.75 Å². The predicted octanol–water partition coefficient (Wildman–Crippen LogP) is 3.77. The summed E-state index contributed by atoms with van der Waals surface area (Å²) in [4.78, 5) is 2.45. The molecule has 118 valence electrons. The Balaban J connectivity index is 1.94. The molecule has 3 heteroatoms. The van der Waals surface area contributed by atoms with E-state index in [4.69, 9.17) is 4.74 Å². The van der Waals surface area contributed by atoms with E-state index in [9.17, 15) is 5.11 Å². The molecule has 1 aliphatic heterocycles. The maximum Gasteiger partial charge on any atom is 0.119 e. The lowest BCUT2D eigenvalue weighted by Crippen LogP contribution is -2.41. The van der Waals surface area contributed by atoms with Gasteiger partial charge in [0.05, 0.1) is 12.2 Å². The van der Waals surface area contributed by atoms with Gasteiger partial charge in [-0.2, -0.15) is 0 Å². The summed E-state index contributed by atoms with van der Waals surface area (Å²) in [6.45, 7) is 8.13. The van der Waals surface area contributed by atoms with E-state index in [1.165, 1.54) is 25.7 Å². The number of piperidine rings is 1. The molecule has 2 unspecified atom stereocenters. The molecule has 1 aliphatic rings. The highest BCUT2D eigenvalue weighted by Crippen LogP contribution is 2.24. The van der Waals surface area contributed by atoms with Gasteiger partial charge in [-0.05, 0) is 57.4 Å². The molecule has 2 rings (SSSR count). The fraction of sp³-hybridized carbons (Fsp3) is 0.667. The second kappa shape index (κ2) is 7.81. The van der Waals surface area contributed by atoms with Crippen LogP contribution in [0.15, 0.2) is 24.3 Å². The summed E-state index contributed by atoms with van der Waals surface area (Å²) >= 11 is 0. The molecular weight excluding hydrogens is 262 g/mol. The van der Waals surface area contributed by atoms with Gasteiger partial charge in [-0.25, -0.2) is 0 Å². The van der Waals surface area contributed by atoms with Gasteiger partial charge in [-0.15, -0.1) is 0 Å². The van der Waals surface area contributed by atoms with Crippen LogP contribution in [0.5, 0.6) is 5.75 Å². The fourth-order valence-corrected chi connectivity index (χ4v) is 3.13. The van der Waals surface area contributed by atoms with Gasteiger partial charge in [0.25, 0.3) is 0 Å². The van der Waals surface area contributed by atoms with E-state index in [1.54, 1.807) is 0 Å². The van der Waals surface area contributed by atoms with Crippen LogP contribution in [0.4, 0.5) is 0 Å². The van der Waals surface area contributed by atoms with Crippen molar-refractivity contribution in [3.8, 4) is 5.75 Å². The van der Waals surface area contributed by atoms with Crippen LogP contribution in [0.1, 0.15) is 58.1 Å². The average Bonchev–Trinajstić information content (AvgIpc) is 2.48. The van der Waals surface area contributed by atoms with Crippen LogP contribution in [-0.2, 0) is 0 Å². The van der Waals surface area contributed by atoms with Gasteiger partial charge in [0.15, 0.2) is 0 Å². The SMILES string of the molecule is CCC1CCCCN1CC(O)c1ccc(OC(C)C)cc1. The molecule has 0 saturated carbocycles. The second-order valence-corrected chi connectivity index (χ2v) is 6.30. The average molecular weight is 291 g/mol. The Labute approximate surface area is 128 Å². The molecule has 0 aliphatic carbocycles. The Morgan fingerprint density at radius 1 is 1.24 bits per heavy atom. The van der Waals surface area contributed by atoms with Crippen LogP contribution >= 0.6 is 0 Å². The lowest BCUT2D eigenvalue weighted by atomic mass is 9.98. The van der Waals surface area contributed by atoms with E-state index in [0.717, 1.165) is 24.4 Å². The monoisotopic (exact) mass is 291 g/mol. The molecule has 0 bridgehead atoms. The van der Waals surface area contributed by atoms with E-state index in [-0.39, 0.29) is 6.10 Å². The summed E-state index contributed by atoms with van der Waals surface area (Å²) < 4.78 is 5.64. The number of β-amino-alcohol motifs (C(OH)–C–C–N with tert-alkyl or cyclic N) is 1. The van der Waals surface area contributed by atoms with Crippen LogP contribution in [0, 0.1) is 0 Å². The summed E-state index contributed by atoms with van der Waals surface area (Å²) in [6, 6.07) is 8.50. The Kier molecular flexibility index (Phi) is 6.07. The third-order valence-corrected chi connectivity index (χ3v) is 4.26. The molecule has 0 radical (unpaired) electrons. The Morgan fingerprint density at radius 3 is 2.57 bits per heavy atom. The van der Waals surface area contributed by atoms with Crippen molar-refractivity contribution in [1.29, 1.82) is 0 Å². The van der Waals surface area contributed by atoms with E-state index in [1.807, 2.05) is 38.1 Å². The van der Waals surface area contributed by atoms with E-state index in [0.29, 0.717) is 6.04 Å². The fourth-order valence-electron chi connectivity index (χ4n) is 3.13. The van der Waals surface area contributed by atoms with Crippen molar-refractivity contribution >= 4 is 0 Å². The Hall–Kier alpha value is -1.06. The van der Waals surface area contributed by atoms with Gasteiger partial charge in [-0.3, -0.25) is 4.90 Å². The number of nitrogens with zero attached hydrogens (tertiary/aromatic N) is 1. The lowest BCUT2D eigenvalue weighted by molar-refractivity contribution is 0.0656. The van der Waals surface area contributed by atoms with Crippen LogP contribution in [0.3, 0.4) is 0 Å². The standard InChI is InChI=1S/C18H29NO2/c1-4-16-7-5-6-12-19(16)13-18(20)15-8-10-17(11-9-15)21-14(2)3/h8-11,14,16,18,20H,4-7,12-13H2,1-3H3. The summed E-state index contributed by atoms with van der Waals surface area (Å²) in [5.74, 6) is 0.866. The normalized spacial score (nSPS) is 21.5. The molecule has 2 atom stereocenters. The van der Waals surface area contributed by atoms with Crippen molar-refractivity contribution in [1.82, 2.24) is 4.90 Å². The van der Waals surface area contributed by atoms with Crippen LogP contribution < -0.4 is 4.74 Å². The number of rotatable bonds is 6. The van der Waals surface area contributed by atoms with Crippen molar-refractivity contribution in [3.05, 3.63) is 29.8 Å². The highest BCUT2D eigenvalue weighted by Gasteiger charge is 2.23. The van der Waals surface area contributed by atoms with E-state index < -0.39 is 6.10 Å². The van der Waals surface area contributed by atoms with Crippen LogP contribution in [-0.4, -0.2) is 35.2 Å². The number of ether oxygens (including phenoxy) is 1. The second-order valence-electron chi connectivity index (χ2n) is 6.30. The molecule has 1 fully saturated rings. The first-order valence-electron chi connectivity index (χ1n) is 8.29. The maximum atomic E-state index is 10.5. The molecule has 1 saturated heterocycles. The summed E-state index contributed by atoms with van der Waals surface area (Å²) in [7, 11) is 0. The van der Waals surface area contributed by atoms with Gasteiger partial charge in [0.2, 0.25) is 0 Å². The first-order chi connectivity index (χ1) is 10.1. The van der Waals surface area contributed by atoms with Gasteiger partial charge < -0.3 is 9.84 Å². The quantitative estimate of drug-likeness (QED) is 0.866. The van der Waals surface area contributed by atoms with Gasteiger partial charge in [0, 0.05) is 12.6 Å². The third kappa shape index (κ3) is 4.72. The molecule has 1 aromatic rings. The minimum absolute atomic E-state index is 0.180. The summed E-state index contributed by atoms with van der Waals surface area (Å²) in [5.41, 5.74) is 0.978. The van der Waals surface area contributed by atoms with Crippen molar-refractivity contribution in [3.63, 3.8) is 0 Å². The Bertz CT molecular complexity index is 416. The molecule has 1 heterocycles. The molecule has 21 heavy (non-hydrogen) atoms. The zero-order valence-electron chi connectivity index (χ0n) is 13.6. The van der Waals surface area contributed by atoms with Crippen LogP contribution in [0.2, 0.25) is 0 Å². The molecule has 0 amide bonds. The highest BCUT2D eigenvalue weighted by atomic mass is 16.5. The largest absolute Gasteiger partial charge is 0.491 e. The molecule has 0 spiro atoms. The zero-order valence-corrected chi connectivity index (χ0v) is 13.6. The number of benzene rings is 1. The lowest BCUT2D eigenvalue weighted by Gasteiger charge is -2.36.